The van der Waals surface area contributed by atoms with Crippen molar-refractivity contribution in [2.24, 2.45) is 0 Å². The highest BCUT2D eigenvalue weighted by Gasteiger charge is 2.22. The lowest BCUT2D eigenvalue weighted by Gasteiger charge is -2.25. The van der Waals surface area contributed by atoms with Crippen LogP contribution in [0.3, 0.4) is 0 Å². The molecular formula is C8H9N3O2S. The molecule has 1 aliphatic heterocycles. The molecule has 14 heavy (non-hydrogen) atoms. The second-order valence-electron chi connectivity index (χ2n) is 2.95. The van der Waals surface area contributed by atoms with Crippen molar-refractivity contribution >= 4 is 23.2 Å². The minimum atomic E-state index is -0.166. The van der Waals surface area contributed by atoms with Crippen LogP contribution in [-0.2, 0) is 4.79 Å². The summed E-state index contributed by atoms with van der Waals surface area (Å²) in [5.74, 6) is -0.277. The maximum absolute atomic E-state index is 11.7. The van der Waals surface area contributed by atoms with E-state index in [1.165, 1.54) is 16.2 Å². The minimum Gasteiger partial charge on any atom is -0.353 e. The molecule has 0 radical (unpaired) electrons. The lowest BCUT2D eigenvalue weighted by atomic mass is 10.3. The van der Waals surface area contributed by atoms with Gasteiger partial charge in [0.05, 0.1) is 12.1 Å². The van der Waals surface area contributed by atoms with Gasteiger partial charge >= 0.3 is 0 Å². The number of thiazole rings is 1. The number of amides is 2. The van der Waals surface area contributed by atoms with Crippen LogP contribution in [0.2, 0.25) is 0 Å². The minimum absolute atomic E-state index is 0.111. The van der Waals surface area contributed by atoms with E-state index in [-0.39, 0.29) is 18.4 Å². The standard InChI is InChI=1S/C8H9N3O2S/c12-7-3-11(2-1-9-7)8(13)6-4-14-5-10-6/h4-5H,1-3H2,(H,9,12). The summed E-state index contributed by atoms with van der Waals surface area (Å²) in [5, 5.41) is 4.35. The lowest BCUT2D eigenvalue weighted by molar-refractivity contribution is -0.123. The number of piperazine rings is 1. The number of nitrogens with zero attached hydrogens (tertiary/aromatic N) is 2. The van der Waals surface area contributed by atoms with Gasteiger partial charge in [-0.1, -0.05) is 0 Å². The van der Waals surface area contributed by atoms with E-state index in [9.17, 15) is 9.59 Å². The van der Waals surface area contributed by atoms with E-state index in [1.54, 1.807) is 10.9 Å². The Morgan fingerprint density at radius 1 is 1.64 bits per heavy atom. The number of rotatable bonds is 1. The average molecular weight is 211 g/mol. The first-order valence-corrected chi connectivity index (χ1v) is 5.16. The second kappa shape index (κ2) is 3.75. The van der Waals surface area contributed by atoms with Gasteiger partial charge in [0, 0.05) is 18.5 Å². The molecule has 1 N–H and O–H groups in total. The molecular weight excluding hydrogens is 202 g/mol. The van der Waals surface area contributed by atoms with Crippen molar-refractivity contribution in [2.75, 3.05) is 19.6 Å². The summed E-state index contributed by atoms with van der Waals surface area (Å²) in [4.78, 5) is 28.1. The fourth-order valence-corrected chi connectivity index (χ4v) is 1.82. The molecule has 0 unspecified atom stereocenters. The van der Waals surface area contributed by atoms with Gasteiger partial charge in [0.25, 0.3) is 5.91 Å². The lowest BCUT2D eigenvalue weighted by Crippen LogP contribution is -2.50. The highest BCUT2D eigenvalue weighted by Crippen LogP contribution is 2.06. The summed E-state index contributed by atoms with van der Waals surface area (Å²) in [6, 6.07) is 0. The third kappa shape index (κ3) is 1.74. The molecule has 0 saturated carbocycles. The van der Waals surface area contributed by atoms with Gasteiger partial charge in [0.1, 0.15) is 5.69 Å². The highest BCUT2D eigenvalue weighted by molar-refractivity contribution is 7.07. The van der Waals surface area contributed by atoms with E-state index in [0.29, 0.717) is 18.8 Å². The normalized spacial score (nSPS) is 16.6. The Bertz CT molecular complexity index is 349. The van der Waals surface area contributed by atoms with E-state index < -0.39 is 0 Å². The zero-order valence-corrected chi connectivity index (χ0v) is 8.21. The fraction of sp³-hybridized carbons (Fsp3) is 0.375. The maximum Gasteiger partial charge on any atom is 0.273 e. The van der Waals surface area contributed by atoms with Crippen molar-refractivity contribution in [3.63, 3.8) is 0 Å². The van der Waals surface area contributed by atoms with Gasteiger partial charge in [0.15, 0.2) is 0 Å². The average Bonchev–Trinajstić information content (AvgIpc) is 2.69. The fourth-order valence-electron chi connectivity index (χ4n) is 1.29. The number of aromatic nitrogens is 1. The molecule has 0 atom stereocenters. The Hall–Kier alpha value is -1.43. The molecule has 5 nitrogen and oxygen atoms in total. The SMILES string of the molecule is O=C1CN(C(=O)c2cscn2)CCN1. The predicted octanol–water partition coefficient (Wildman–Crippen LogP) is -0.285. The van der Waals surface area contributed by atoms with Crippen molar-refractivity contribution in [1.29, 1.82) is 0 Å². The van der Waals surface area contributed by atoms with Crippen molar-refractivity contribution in [1.82, 2.24) is 15.2 Å². The maximum atomic E-state index is 11.7. The first-order chi connectivity index (χ1) is 6.77. The smallest absolute Gasteiger partial charge is 0.273 e. The van der Waals surface area contributed by atoms with Gasteiger partial charge in [-0.15, -0.1) is 11.3 Å². The molecule has 1 fully saturated rings. The van der Waals surface area contributed by atoms with Crippen molar-refractivity contribution in [3.05, 3.63) is 16.6 Å². The molecule has 6 heteroatoms. The van der Waals surface area contributed by atoms with Crippen molar-refractivity contribution in [2.45, 2.75) is 0 Å². The number of hydrogen-bond acceptors (Lipinski definition) is 4. The topological polar surface area (TPSA) is 62.3 Å². The van der Waals surface area contributed by atoms with Crippen LogP contribution in [0.25, 0.3) is 0 Å². The van der Waals surface area contributed by atoms with Crippen LogP contribution in [0, 0.1) is 0 Å². The predicted molar refractivity (Wildman–Crippen MR) is 51.0 cm³/mol. The molecule has 0 spiro atoms. The van der Waals surface area contributed by atoms with E-state index >= 15 is 0 Å². The number of nitrogens with one attached hydrogen (secondary N) is 1. The molecule has 2 amide bonds. The Kier molecular flexibility index (Phi) is 2.45. The van der Waals surface area contributed by atoms with Gasteiger partial charge < -0.3 is 10.2 Å². The number of carbonyl (C=O) groups is 2. The third-order valence-corrected chi connectivity index (χ3v) is 2.56. The molecule has 74 valence electrons. The Morgan fingerprint density at radius 3 is 3.14 bits per heavy atom. The van der Waals surface area contributed by atoms with E-state index in [2.05, 4.69) is 10.3 Å². The highest BCUT2D eigenvalue weighted by atomic mass is 32.1. The van der Waals surface area contributed by atoms with Crippen LogP contribution in [0.1, 0.15) is 10.5 Å². The van der Waals surface area contributed by atoms with E-state index in [4.69, 9.17) is 0 Å². The first kappa shape index (κ1) is 9.14. The molecule has 0 bridgehead atoms. The molecule has 1 aromatic heterocycles. The molecule has 0 aromatic carbocycles. The Morgan fingerprint density at radius 2 is 2.50 bits per heavy atom. The molecule has 2 rings (SSSR count). The monoisotopic (exact) mass is 211 g/mol. The van der Waals surface area contributed by atoms with Gasteiger partial charge in [-0.05, 0) is 0 Å². The Balaban J connectivity index is 2.08. The van der Waals surface area contributed by atoms with Gasteiger partial charge in [0.2, 0.25) is 5.91 Å². The van der Waals surface area contributed by atoms with Crippen molar-refractivity contribution in [3.8, 4) is 0 Å². The van der Waals surface area contributed by atoms with Gasteiger partial charge in [-0.2, -0.15) is 0 Å². The van der Waals surface area contributed by atoms with Crippen LogP contribution in [0.5, 0.6) is 0 Å². The van der Waals surface area contributed by atoms with Crippen molar-refractivity contribution < 1.29 is 9.59 Å². The molecule has 1 aliphatic rings. The third-order valence-electron chi connectivity index (χ3n) is 1.98. The summed E-state index contributed by atoms with van der Waals surface area (Å²) in [7, 11) is 0. The van der Waals surface area contributed by atoms with Crippen LogP contribution < -0.4 is 5.32 Å². The van der Waals surface area contributed by atoms with Gasteiger partial charge in [-0.3, -0.25) is 9.59 Å². The van der Waals surface area contributed by atoms with Crippen LogP contribution in [0.4, 0.5) is 0 Å². The molecule has 1 saturated heterocycles. The molecule has 2 heterocycles. The quantitative estimate of drug-likeness (QED) is 0.694. The van der Waals surface area contributed by atoms with Crippen LogP contribution >= 0.6 is 11.3 Å². The number of carbonyl (C=O) groups excluding carboxylic acids is 2. The summed E-state index contributed by atoms with van der Waals surface area (Å²) in [5.41, 5.74) is 2.03. The zero-order chi connectivity index (χ0) is 9.97. The van der Waals surface area contributed by atoms with Gasteiger partial charge in [-0.25, -0.2) is 4.98 Å². The van der Waals surface area contributed by atoms with E-state index in [0.717, 1.165) is 0 Å². The Labute approximate surface area is 84.7 Å². The largest absolute Gasteiger partial charge is 0.353 e. The van der Waals surface area contributed by atoms with E-state index in [1.807, 2.05) is 0 Å². The molecule has 0 aliphatic carbocycles. The zero-order valence-electron chi connectivity index (χ0n) is 7.40. The summed E-state index contributed by atoms with van der Waals surface area (Å²) >= 11 is 1.37. The second-order valence-corrected chi connectivity index (χ2v) is 3.67. The first-order valence-electron chi connectivity index (χ1n) is 4.21. The number of hydrogen-bond donors (Lipinski definition) is 1. The summed E-state index contributed by atoms with van der Waals surface area (Å²) < 4.78 is 0. The summed E-state index contributed by atoms with van der Waals surface area (Å²) in [6.07, 6.45) is 0. The summed E-state index contributed by atoms with van der Waals surface area (Å²) in [6.45, 7) is 1.22. The molecule has 1 aromatic rings. The van der Waals surface area contributed by atoms with Crippen LogP contribution in [0.15, 0.2) is 10.9 Å². The van der Waals surface area contributed by atoms with Crippen LogP contribution in [-0.4, -0.2) is 41.3 Å².